The fourth-order valence-corrected chi connectivity index (χ4v) is 2.73. The third-order valence-electron chi connectivity index (χ3n) is 2.95. The Kier molecular flexibility index (Phi) is 5.86. The van der Waals surface area contributed by atoms with Crippen LogP contribution in [0.2, 0.25) is 5.02 Å². The summed E-state index contributed by atoms with van der Waals surface area (Å²) in [5.74, 6) is 0.912. The van der Waals surface area contributed by atoms with Gasteiger partial charge in [-0.1, -0.05) is 46.6 Å². The molecule has 0 aliphatic carbocycles. The molecular formula is C16H17BrClNO. The normalized spacial score (nSPS) is 12.2. The molecule has 2 aromatic rings. The lowest BCUT2D eigenvalue weighted by Crippen LogP contribution is -1.99. The van der Waals surface area contributed by atoms with Crippen LogP contribution in [0.1, 0.15) is 29.3 Å². The molecule has 2 rings (SSSR count). The second kappa shape index (κ2) is 7.65. The fraction of sp³-hybridized carbons (Fsp3) is 0.312. The zero-order valence-corrected chi connectivity index (χ0v) is 13.7. The summed E-state index contributed by atoms with van der Waals surface area (Å²) in [6.45, 7) is 2.84. The van der Waals surface area contributed by atoms with Gasteiger partial charge >= 0.3 is 0 Å². The van der Waals surface area contributed by atoms with E-state index in [1.54, 1.807) is 12.4 Å². The maximum atomic E-state index is 6.15. The average molecular weight is 355 g/mol. The topological polar surface area (TPSA) is 22.1 Å². The molecule has 1 unspecified atom stereocenters. The number of benzene rings is 1. The Morgan fingerprint density at radius 3 is 2.95 bits per heavy atom. The highest BCUT2D eigenvalue weighted by Gasteiger charge is 2.11. The molecule has 0 spiro atoms. The van der Waals surface area contributed by atoms with Gasteiger partial charge in [0.2, 0.25) is 0 Å². The van der Waals surface area contributed by atoms with E-state index in [1.165, 1.54) is 5.56 Å². The first-order valence-electron chi connectivity index (χ1n) is 6.66. The molecule has 0 aliphatic heterocycles. The van der Waals surface area contributed by atoms with E-state index in [0.717, 1.165) is 30.8 Å². The van der Waals surface area contributed by atoms with Gasteiger partial charge in [-0.2, -0.15) is 0 Å². The molecule has 0 saturated heterocycles. The summed E-state index contributed by atoms with van der Waals surface area (Å²) in [4.78, 5) is 4.21. The van der Waals surface area contributed by atoms with E-state index in [9.17, 15) is 0 Å². The number of nitrogens with zero attached hydrogens (tertiary/aromatic N) is 1. The van der Waals surface area contributed by atoms with Crippen molar-refractivity contribution in [1.82, 2.24) is 4.98 Å². The van der Waals surface area contributed by atoms with E-state index in [0.29, 0.717) is 5.02 Å². The Morgan fingerprint density at radius 1 is 1.35 bits per heavy atom. The number of aromatic nitrogens is 1. The minimum absolute atomic E-state index is 0.201. The summed E-state index contributed by atoms with van der Waals surface area (Å²) < 4.78 is 5.66. The number of ether oxygens (including phenoxy) is 1. The monoisotopic (exact) mass is 353 g/mol. The van der Waals surface area contributed by atoms with E-state index in [2.05, 4.69) is 40.0 Å². The predicted molar refractivity (Wildman–Crippen MR) is 86.8 cm³/mol. The van der Waals surface area contributed by atoms with Crippen LogP contribution in [0, 0.1) is 0 Å². The SMILES string of the molecule is CCCOc1cccc(C(Br)Cc2ccncc2Cl)c1. The lowest BCUT2D eigenvalue weighted by molar-refractivity contribution is 0.317. The first-order valence-corrected chi connectivity index (χ1v) is 7.95. The summed E-state index contributed by atoms with van der Waals surface area (Å²) in [5.41, 5.74) is 2.27. The number of alkyl halides is 1. The molecule has 1 atom stereocenters. The molecule has 2 nitrogen and oxygen atoms in total. The van der Waals surface area contributed by atoms with Gasteiger partial charge in [0.25, 0.3) is 0 Å². The van der Waals surface area contributed by atoms with Crippen LogP contribution < -0.4 is 4.74 Å². The smallest absolute Gasteiger partial charge is 0.119 e. The summed E-state index contributed by atoms with van der Waals surface area (Å²) in [5, 5.41) is 0.704. The van der Waals surface area contributed by atoms with Crippen LogP contribution in [0.15, 0.2) is 42.7 Å². The first kappa shape index (κ1) is 15.3. The van der Waals surface area contributed by atoms with Crippen LogP contribution in [-0.2, 0) is 6.42 Å². The van der Waals surface area contributed by atoms with Gasteiger partial charge in [0.15, 0.2) is 0 Å². The van der Waals surface area contributed by atoms with Crippen molar-refractivity contribution in [2.45, 2.75) is 24.6 Å². The molecule has 106 valence electrons. The molecule has 0 N–H and O–H groups in total. The van der Waals surface area contributed by atoms with E-state index in [4.69, 9.17) is 16.3 Å². The van der Waals surface area contributed by atoms with Crippen molar-refractivity contribution in [3.63, 3.8) is 0 Å². The molecule has 1 heterocycles. The maximum Gasteiger partial charge on any atom is 0.119 e. The van der Waals surface area contributed by atoms with Gasteiger partial charge in [0, 0.05) is 17.2 Å². The third kappa shape index (κ3) is 4.22. The van der Waals surface area contributed by atoms with Crippen molar-refractivity contribution < 1.29 is 4.74 Å². The highest BCUT2D eigenvalue weighted by atomic mass is 79.9. The Hall–Kier alpha value is -1.06. The van der Waals surface area contributed by atoms with Crippen molar-refractivity contribution >= 4 is 27.5 Å². The molecule has 0 saturated carbocycles. The van der Waals surface area contributed by atoms with Gasteiger partial charge in [0.1, 0.15) is 5.75 Å². The Bertz CT molecular complexity index is 562. The second-order valence-electron chi connectivity index (χ2n) is 4.56. The minimum Gasteiger partial charge on any atom is -0.494 e. The highest BCUT2D eigenvalue weighted by molar-refractivity contribution is 9.09. The van der Waals surface area contributed by atoms with E-state index >= 15 is 0 Å². The van der Waals surface area contributed by atoms with Gasteiger partial charge in [-0.05, 0) is 42.2 Å². The van der Waals surface area contributed by atoms with Gasteiger partial charge < -0.3 is 4.74 Å². The highest BCUT2D eigenvalue weighted by Crippen LogP contribution is 2.31. The van der Waals surface area contributed by atoms with Crippen molar-refractivity contribution in [2.24, 2.45) is 0 Å². The van der Waals surface area contributed by atoms with Crippen LogP contribution >= 0.6 is 27.5 Å². The first-order chi connectivity index (χ1) is 9.70. The zero-order valence-electron chi connectivity index (χ0n) is 11.4. The summed E-state index contributed by atoms with van der Waals surface area (Å²) in [7, 11) is 0. The van der Waals surface area contributed by atoms with Gasteiger partial charge in [-0.3, -0.25) is 4.98 Å². The van der Waals surface area contributed by atoms with E-state index in [1.807, 2.05) is 18.2 Å². The van der Waals surface area contributed by atoms with Crippen LogP contribution in [-0.4, -0.2) is 11.6 Å². The third-order valence-corrected chi connectivity index (χ3v) is 4.14. The Labute approximate surface area is 133 Å². The zero-order chi connectivity index (χ0) is 14.4. The lowest BCUT2D eigenvalue weighted by atomic mass is 10.0. The summed E-state index contributed by atoms with van der Waals surface area (Å²) >= 11 is 9.87. The fourth-order valence-electron chi connectivity index (χ4n) is 1.90. The predicted octanol–water partition coefficient (Wildman–Crippen LogP) is 5.20. The van der Waals surface area contributed by atoms with Crippen molar-refractivity contribution in [3.8, 4) is 5.75 Å². The van der Waals surface area contributed by atoms with Crippen LogP contribution in [0.25, 0.3) is 0 Å². The van der Waals surface area contributed by atoms with Crippen LogP contribution in [0.3, 0.4) is 0 Å². The second-order valence-corrected chi connectivity index (χ2v) is 6.07. The molecule has 1 aromatic heterocycles. The maximum absolute atomic E-state index is 6.15. The number of pyridine rings is 1. The molecule has 0 bridgehead atoms. The molecule has 1 aromatic carbocycles. The van der Waals surface area contributed by atoms with Crippen molar-refractivity contribution in [2.75, 3.05) is 6.61 Å². The summed E-state index contributed by atoms with van der Waals surface area (Å²) in [6, 6.07) is 10.1. The van der Waals surface area contributed by atoms with Gasteiger partial charge in [0.05, 0.1) is 11.6 Å². The Balaban J connectivity index is 2.09. The van der Waals surface area contributed by atoms with Crippen molar-refractivity contribution in [3.05, 3.63) is 58.9 Å². The molecule has 4 heteroatoms. The Morgan fingerprint density at radius 2 is 2.20 bits per heavy atom. The number of halogens is 2. The molecule has 0 amide bonds. The summed E-state index contributed by atoms with van der Waals surface area (Å²) in [6.07, 6.45) is 5.27. The van der Waals surface area contributed by atoms with E-state index in [-0.39, 0.29) is 4.83 Å². The number of hydrogen-bond donors (Lipinski definition) is 0. The molecular weight excluding hydrogens is 338 g/mol. The largest absolute Gasteiger partial charge is 0.494 e. The standard InChI is InChI=1S/C16H17BrClNO/c1-2-8-20-14-5-3-4-12(9-14)15(17)10-13-6-7-19-11-16(13)18/h3-7,9,11,15H,2,8,10H2,1H3. The van der Waals surface area contributed by atoms with Crippen LogP contribution in [0.4, 0.5) is 0 Å². The molecule has 20 heavy (non-hydrogen) atoms. The number of hydrogen-bond acceptors (Lipinski definition) is 2. The quantitative estimate of drug-likeness (QED) is 0.665. The molecule has 0 fully saturated rings. The molecule has 0 aliphatic rings. The van der Waals surface area contributed by atoms with E-state index < -0.39 is 0 Å². The molecule has 0 radical (unpaired) electrons. The van der Waals surface area contributed by atoms with Crippen LogP contribution in [0.5, 0.6) is 5.75 Å². The average Bonchev–Trinajstić information content (AvgIpc) is 2.48. The van der Waals surface area contributed by atoms with Crippen molar-refractivity contribution in [1.29, 1.82) is 0 Å². The minimum atomic E-state index is 0.201. The number of rotatable bonds is 6. The lowest BCUT2D eigenvalue weighted by Gasteiger charge is -2.13. The van der Waals surface area contributed by atoms with Gasteiger partial charge in [-0.15, -0.1) is 0 Å². The van der Waals surface area contributed by atoms with Gasteiger partial charge in [-0.25, -0.2) is 0 Å².